The van der Waals surface area contributed by atoms with Crippen molar-refractivity contribution in [2.24, 2.45) is 0 Å². The minimum atomic E-state index is -0.180. The highest BCUT2D eigenvalue weighted by Gasteiger charge is 2.26. The van der Waals surface area contributed by atoms with Crippen LogP contribution in [0.4, 0.5) is 0 Å². The van der Waals surface area contributed by atoms with Crippen LogP contribution in [0.15, 0.2) is 0 Å². The minimum absolute atomic E-state index is 0. The van der Waals surface area contributed by atoms with Crippen LogP contribution in [0, 0.1) is 0 Å². The third kappa shape index (κ3) is 10.2. The van der Waals surface area contributed by atoms with Gasteiger partial charge in [-0.25, -0.2) is 0 Å². The Bertz CT molecular complexity index is 267. The number of ether oxygens (including phenoxy) is 2. The van der Waals surface area contributed by atoms with Crippen molar-refractivity contribution in [1.29, 1.82) is 0 Å². The Balaban J connectivity index is 0. The Hall–Kier alpha value is -0.620. The van der Waals surface area contributed by atoms with Crippen LogP contribution in [0.3, 0.4) is 0 Å². The molecule has 0 saturated carbocycles. The lowest BCUT2D eigenvalue weighted by Gasteiger charge is -2.31. The summed E-state index contributed by atoms with van der Waals surface area (Å²) in [6.07, 6.45) is 0.756. The molecule has 0 amide bonds. The number of carbonyl (C=O) groups excluding carboxylic acids is 2. The Morgan fingerprint density at radius 3 is 1.50 bits per heavy atom. The fourth-order valence-electron chi connectivity index (χ4n) is 1.85. The first kappa shape index (κ1) is 21.7. The Morgan fingerprint density at radius 2 is 1.25 bits per heavy atom. The summed E-state index contributed by atoms with van der Waals surface area (Å²) in [5.74, 6) is -0.360. The van der Waals surface area contributed by atoms with E-state index in [1.807, 2.05) is 0 Å². The van der Waals surface area contributed by atoms with Gasteiger partial charge in [0.25, 0.3) is 0 Å². The summed E-state index contributed by atoms with van der Waals surface area (Å²) < 4.78 is 9.85. The number of carbonyl (C=O) groups is 2. The Morgan fingerprint density at radius 1 is 0.900 bits per heavy atom. The molecule has 0 fully saturated rings. The SMILES string of the molecule is CCOC(=O)CC[NH+](CCC(=O)OCC)C(C)(C)C.[Br-]. The summed E-state index contributed by atoms with van der Waals surface area (Å²) in [7, 11) is 0. The molecule has 0 aromatic rings. The zero-order chi connectivity index (χ0) is 14.9. The molecule has 0 aliphatic heterocycles. The van der Waals surface area contributed by atoms with E-state index >= 15 is 0 Å². The topological polar surface area (TPSA) is 57.0 Å². The van der Waals surface area contributed by atoms with Crippen molar-refractivity contribution in [3.05, 3.63) is 0 Å². The monoisotopic (exact) mass is 353 g/mol. The molecule has 0 saturated heterocycles. The lowest BCUT2D eigenvalue weighted by molar-refractivity contribution is -0.945. The van der Waals surface area contributed by atoms with Crippen LogP contribution < -0.4 is 21.9 Å². The number of esters is 2. The van der Waals surface area contributed by atoms with E-state index in [1.165, 1.54) is 4.90 Å². The van der Waals surface area contributed by atoms with Crippen molar-refractivity contribution < 1.29 is 40.9 Å². The largest absolute Gasteiger partial charge is 1.00 e. The van der Waals surface area contributed by atoms with Gasteiger partial charge < -0.3 is 31.4 Å². The molecule has 0 unspecified atom stereocenters. The van der Waals surface area contributed by atoms with Crippen molar-refractivity contribution in [2.45, 2.75) is 53.0 Å². The van der Waals surface area contributed by atoms with E-state index in [-0.39, 0.29) is 34.5 Å². The molecule has 5 nitrogen and oxygen atoms in total. The molecule has 0 radical (unpaired) electrons. The van der Waals surface area contributed by atoms with Gasteiger partial charge in [0.1, 0.15) is 0 Å². The highest BCUT2D eigenvalue weighted by atomic mass is 79.9. The van der Waals surface area contributed by atoms with Gasteiger partial charge in [0.2, 0.25) is 0 Å². The normalized spacial score (nSPS) is 10.9. The molecule has 0 aliphatic rings. The van der Waals surface area contributed by atoms with E-state index in [9.17, 15) is 9.59 Å². The molecule has 0 aliphatic carbocycles. The van der Waals surface area contributed by atoms with E-state index in [4.69, 9.17) is 9.47 Å². The maximum Gasteiger partial charge on any atom is 0.311 e. The molecule has 0 aromatic carbocycles. The van der Waals surface area contributed by atoms with Gasteiger partial charge >= 0.3 is 11.9 Å². The quantitative estimate of drug-likeness (QED) is 0.493. The summed E-state index contributed by atoms with van der Waals surface area (Å²) in [5, 5.41) is 0. The predicted octanol–water partition coefficient (Wildman–Crippen LogP) is -2.42. The molecule has 1 N–H and O–H groups in total. The molecule has 0 bridgehead atoms. The van der Waals surface area contributed by atoms with Gasteiger partial charge in [0.15, 0.2) is 0 Å². The smallest absolute Gasteiger partial charge is 0.311 e. The number of hydrogen-bond acceptors (Lipinski definition) is 4. The molecule has 0 heterocycles. The van der Waals surface area contributed by atoms with E-state index < -0.39 is 0 Å². The average molecular weight is 354 g/mol. The van der Waals surface area contributed by atoms with Crippen molar-refractivity contribution in [3.8, 4) is 0 Å². The Kier molecular flexibility index (Phi) is 12.0. The highest BCUT2D eigenvalue weighted by molar-refractivity contribution is 5.69. The molecule has 0 aromatic heterocycles. The van der Waals surface area contributed by atoms with Crippen LogP contribution in [0.2, 0.25) is 0 Å². The van der Waals surface area contributed by atoms with Crippen molar-refractivity contribution in [1.82, 2.24) is 0 Å². The third-order valence-electron chi connectivity index (χ3n) is 2.93. The second kappa shape index (κ2) is 11.1. The zero-order valence-corrected chi connectivity index (χ0v) is 14.8. The van der Waals surface area contributed by atoms with Crippen LogP contribution in [-0.2, 0) is 19.1 Å². The van der Waals surface area contributed by atoms with E-state index in [0.29, 0.717) is 39.1 Å². The number of rotatable bonds is 8. The molecule has 6 heteroatoms. The standard InChI is InChI=1S/C14H27NO4.BrH/c1-6-18-12(16)8-10-15(14(3,4)5)11-9-13(17)19-7-2;/h6-11H2,1-5H3;1H. The van der Waals surface area contributed by atoms with Gasteiger partial charge in [-0.1, -0.05) is 0 Å². The van der Waals surface area contributed by atoms with Crippen molar-refractivity contribution in [2.75, 3.05) is 26.3 Å². The van der Waals surface area contributed by atoms with E-state index in [2.05, 4.69) is 20.8 Å². The van der Waals surface area contributed by atoms with Crippen LogP contribution in [0.1, 0.15) is 47.5 Å². The molecule has 120 valence electrons. The van der Waals surface area contributed by atoms with Crippen molar-refractivity contribution in [3.63, 3.8) is 0 Å². The van der Waals surface area contributed by atoms with E-state index in [0.717, 1.165) is 0 Å². The fraction of sp³-hybridized carbons (Fsp3) is 0.857. The first-order valence-corrected chi connectivity index (χ1v) is 6.97. The number of quaternary nitrogens is 1. The van der Waals surface area contributed by atoms with Gasteiger partial charge in [0, 0.05) is 0 Å². The Labute approximate surface area is 132 Å². The number of nitrogens with one attached hydrogen (secondary N) is 1. The number of hydrogen-bond donors (Lipinski definition) is 1. The first-order chi connectivity index (χ1) is 8.81. The van der Waals surface area contributed by atoms with Gasteiger partial charge in [-0.05, 0) is 34.6 Å². The van der Waals surface area contributed by atoms with Crippen LogP contribution in [-0.4, -0.2) is 43.8 Å². The summed E-state index contributed by atoms with van der Waals surface area (Å²) in [6, 6.07) is 0. The van der Waals surface area contributed by atoms with Crippen LogP contribution in [0.5, 0.6) is 0 Å². The number of halogens is 1. The first-order valence-electron chi connectivity index (χ1n) is 6.97. The van der Waals surface area contributed by atoms with Crippen LogP contribution >= 0.6 is 0 Å². The molecular formula is C14H28BrNO4. The van der Waals surface area contributed by atoms with Gasteiger partial charge in [-0.15, -0.1) is 0 Å². The highest BCUT2D eigenvalue weighted by Crippen LogP contribution is 1.95. The maximum atomic E-state index is 11.4. The zero-order valence-electron chi connectivity index (χ0n) is 13.3. The predicted molar refractivity (Wildman–Crippen MR) is 72.9 cm³/mol. The molecule has 20 heavy (non-hydrogen) atoms. The lowest BCUT2D eigenvalue weighted by Crippen LogP contribution is -3.19. The summed E-state index contributed by atoms with van der Waals surface area (Å²) in [6.45, 7) is 12.0. The summed E-state index contributed by atoms with van der Waals surface area (Å²) in [4.78, 5) is 24.0. The van der Waals surface area contributed by atoms with E-state index in [1.54, 1.807) is 13.8 Å². The molecule has 0 atom stereocenters. The van der Waals surface area contributed by atoms with Gasteiger partial charge in [0.05, 0.1) is 44.7 Å². The molecule has 0 rings (SSSR count). The van der Waals surface area contributed by atoms with Gasteiger partial charge in [-0.2, -0.15) is 0 Å². The fourth-order valence-corrected chi connectivity index (χ4v) is 1.85. The summed E-state index contributed by atoms with van der Waals surface area (Å²) in [5.41, 5.74) is -0.0149. The average Bonchev–Trinajstić information content (AvgIpc) is 2.27. The van der Waals surface area contributed by atoms with Gasteiger partial charge in [-0.3, -0.25) is 9.59 Å². The summed E-state index contributed by atoms with van der Waals surface area (Å²) >= 11 is 0. The third-order valence-corrected chi connectivity index (χ3v) is 2.93. The van der Waals surface area contributed by atoms with Crippen molar-refractivity contribution >= 4 is 11.9 Å². The molecule has 0 spiro atoms. The maximum absolute atomic E-state index is 11.4. The lowest BCUT2D eigenvalue weighted by atomic mass is 10.1. The molecular weight excluding hydrogens is 326 g/mol. The van der Waals surface area contributed by atoms with Crippen LogP contribution in [0.25, 0.3) is 0 Å². The second-order valence-corrected chi connectivity index (χ2v) is 5.46. The minimum Gasteiger partial charge on any atom is -1.00 e. The second-order valence-electron chi connectivity index (χ2n) is 5.46.